The van der Waals surface area contributed by atoms with Crippen molar-refractivity contribution in [3.8, 4) is 0 Å². The van der Waals surface area contributed by atoms with Gasteiger partial charge in [0, 0.05) is 5.75 Å². The lowest BCUT2D eigenvalue weighted by Crippen LogP contribution is -2.12. The summed E-state index contributed by atoms with van der Waals surface area (Å²) in [5.74, 6) is 1.01. The van der Waals surface area contributed by atoms with E-state index in [0.717, 1.165) is 0 Å². The van der Waals surface area contributed by atoms with Crippen molar-refractivity contribution in [2.75, 3.05) is 0 Å². The predicted molar refractivity (Wildman–Crippen MR) is 54.9 cm³/mol. The van der Waals surface area contributed by atoms with Crippen LogP contribution in [0.3, 0.4) is 0 Å². The van der Waals surface area contributed by atoms with Gasteiger partial charge in [-0.15, -0.1) is 11.8 Å². The van der Waals surface area contributed by atoms with Crippen LogP contribution in [0.1, 0.15) is 13.8 Å². The minimum atomic E-state index is -0.825. The molecule has 1 radical (unpaired) electrons. The summed E-state index contributed by atoms with van der Waals surface area (Å²) in [7, 11) is 0. The molecule has 0 fully saturated rings. The van der Waals surface area contributed by atoms with Gasteiger partial charge in [0.05, 0.1) is 0 Å². The molecular formula is C6H9O2S3. The first-order chi connectivity index (χ1) is 5.07. The van der Waals surface area contributed by atoms with E-state index in [9.17, 15) is 4.79 Å². The Bertz CT molecular complexity index is 158. The maximum atomic E-state index is 10.3. The molecule has 0 saturated carbocycles. The van der Waals surface area contributed by atoms with E-state index in [0.29, 0.717) is 3.53 Å². The number of hydrogen-bond donors (Lipinski definition) is 1. The average Bonchev–Trinajstić information content (AvgIpc) is 1.87. The molecule has 0 aromatic rings. The van der Waals surface area contributed by atoms with Gasteiger partial charge in [-0.2, -0.15) is 0 Å². The summed E-state index contributed by atoms with van der Waals surface area (Å²) in [6.07, 6.45) is 0. The number of hydrogen-bond acceptors (Lipinski definition) is 4. The molecule has 0 saturated heterocycles. The second-order valence-electron chi connectivity index (χ2n) is 1.70. The van der Waals surface area contributed by atoms with Crippen LogP contribution >= 0.6 is 35.7 Å². The van der Waals surface area contributed by atoms with Gasteiger partial charge in [-0.25, -0.2) is 0 Å². The topological polar surface area (TPSA) is 37.3 Å². The number of carboxylic acid groups (broad SMARTS) is 1. The Morgan fingerprint density at radius 3 is 2.64 bits per heavy atom. The molecule has 0 aromatic heterocycles. The summed E-state index contributed by atoms with van der Waals surface area (Å²) < 4.78 is 0.655. The summed E-state index contributed by atoms with van der Waals surface area (Å²) in [4.78, 5) is 10.3. The lowest BCUT2D eigenvalue weighted by molar-refractivity contribution is -0.136. The van der Waals surface area contributed by atoms with E-state index in [1.807, 2.05) is 12.7 Å². The highest BCUT2D eigenvalue weighted by Gasteiger charge is 2.13. The summed E-state index contributed by atoms with van der Waals surface area (Å²) >= 11 is 7.46. The average molecular weight is 209 g/mol. The minimum Gasteiger partial charge on any atom is -0.480 e. The molecule has 0 spiro atoms. The first-order valence-corrected chi connectivity index (χ1v) is 5.12. The fourth-order valence-corrected chi connectivity index (χ4v) is 2.57. The minimum absolute atomic E-state index is 0.449. The number of thiocarbonyl (C=S) groups is 1. The molecular weight excluding hydrogens is 200 g/mol. The van der Waals surface area contributed by atoms with Gasteiger partial charge in [-0.1, -0.05) is 30.9 Å². The van der Waals surface area contributed by atoms with Crippen molar-refractivity contribution in [2.24, 2.45) is 0 Å². The van der Waals surface area contributed by atoms with Gasteiger partial charge < -0.3 is 5.11 Å². The van der Waals surface area contributed by atoms with Gasteiger partial charge in [0.1, 0.15) is 8.78 Å². The van der Waals surface area contributed by atoms with Gasteiger partial charge in [0.15, 0.2) is 0 Å². The van der Waals surface area contributed by atoms with Gasteiger partial charge in [0.25, 0.3) is 0 Å². The zero-order valence-corrected chi connectivity index (χ0v) is 8.68. The van der Waals surface area contributed by atoms with E-state index >= 15 is 0 Å². The Hall–Kier alpha value is 0.260. The maximum absolute atomic E-state index is 10.3. The van der Waals surface area contributed by atoms with Crippen molar-refractivity contribution in [1.82, 2.24) is 0 Å². The molecule has 2 nitrogen and oxygen atoms in total. The van der Waals surface area contributed by atoms with Crippen molar-refractivity contribution < 1.29 is 9.90 Å². The molecule has 0 aliphatic carbocycles. The predicted octanol–water partition coefficient (Wildman–Crippen LogP) is 2.39. The van der Waals surface area contributed by atoms with Gasteiger partial charge in [-0.3, -0.25) is 4.79 Å². The van der Waals surface area contributed by atoms with E-state index in [1.165, 1.54) is 23.5 Å². The molecule has 1 atom stereocenters. The second kappa shape index (κ2) is 5.85. The first kappa shape index (κ1) is 11.3. The Balaban J connectivity index is 3.66. The summed E-state index contributed by atoms with van der Waals surface area (Å²) in [5.41, 5.74) is 0. The fourth-order valence-electron chi connectivity index (χ4n) is 0.319. The van der Waals surface area contributed by atoms with Crippen LogP contribution in [-0.2, 0) is 4.79 Å². The molecule has 63 valence electrons. The number of carboxylic acids is 1. The zero-order valence-electron chi connectivity index (χ0n) is 6.23. The van der Waals surface area contributed by atoms with Gasteiger partial charge >= 0.3 is 5.97 Å². The molecule has 0 heterocycles. The van der Waals surface area contributed by atoms with E-state index < -0.39 is 11.2 Å². The molecule has 0 aliphatic rings. The quantitative estimate of drug-likeness (QED) is 0.722. The van der Waals surface area contributed by atoms with Crippen LogP contribution in [0.4, 0.5) is 0 Å². The Labute approximate surface area is 80.1 Å². The van der Waals surface area contributed by atoms with Crippen LogP contribution in [-0.4, -0.2) is 19.9 Å². The molecule has 5 heteroatoms. The number of thioether (sulfide) groups is 2. The zero-order chi connectivity index (χ0) is 8.85. The number of rotatable bonds is 3. The molecule has 0 rings (SSSR count). The van der Waals surface area contributed by atoms with Gasteiger partial charge in [0.2, 0.25) is 0 Å². The highest BCUT2D eigenvalue weighted by Crippen LogP contribution is 2.23. The number of carbonyl (C=O) groups is 1. The number of aliphatic carboxylic acids is 1. The SMILES string of the molecule is C[CH]SC(=S)SC(C)C(=O)O. The van der Waals surface area contributed by atoms with E-state index in [1.54, 1.807) is 6.92 Å². The summed E-state index contributed by atoms with van der Waals surface area (Å²) in [6, 6.07) is 0. The molecule has 11 heavy (non-hydrogen) atoms. The normalized spacial score (nSPS) is 12.5. The lowest BCUT2D eigenvalue weighted by atomic mass is 10.5. The fraction of sp³-hybridized carbons (Fsp3) is 0.500. The maximum Gasteiger partial charge on any atom is 0.316 e. The second-order valence-corrected chi connectivity index (χ2v) is 5.35. The smallest absolute Gasteiger partial charge is 0.316 e. The standard InChI is InChI=1S/C6H9O2S3/c1-3-10-6(9)11-4(2)5(7)8/h3-4H,1-2H3,(H,7,8). The van der Waals surface area contributed by atoms with E-state index in [2.05, 4.69) is 0 Å². The highest BCUT2D eigenvalue weighted by atomic mass is 32.2. The van der Waals surface area contributed by atoms with Crippen LogP contribution in [0.5, 0.6) is 0 Å². The highest BCUT2D eigenvalue weighted by molar-refractivity contribution is 8.48. The van der Waals surface area contributed by atoms with Crippen LogP contribution in [0.25, 0.3) is 0 Å². The van der Waals surface area contributed by atoms with Gasteiger partial charge in [-0.05, 0) is 6.92 Å². The van der Waals surface area contributed by atoms with Crippen LogP contribution in [0, 0.1) is 5.75 Å². The van der Waals surface area contributed by atoms with E-state index in [-0.39, 0.29) is 0 Å². The first-order valence-electron chi connectivity index (χ1n) is 2.95. The molecule has 1 N–H and O–H groups in total. The van der Waals surface area contributed by atoms with E-state index in [4.69, 9.17) is 17.3 Å². The molecule has 0 aliphatic heterocycles. The van der Waals surface area contributed by atoms with Crippen LogP contribution in [0.15, 0.2) is 0 Å². The molecule has 0 amide bonds. The monoisotopic (exact) mass is 209 g/mol. The Kier molecular flexibility index (Phi) is 5.99. The Morgan fingerprint density at radius 2 is 2.27 bits per heavy atom. The van der Waals surface area contributed by atoms with Crippen molar-refractivity contribution in [2.45, 2.75) is 19.1 Å². The molecule has 0 bridgehead atoms. The largest absolute Gasteiger partial charge is 0.480 e. The summed E-state index contributed by atoms with van der Waals surface area (Å²) in [5, 5.41) is 8.05. The molecule has 1 unspecified atom stereocenters. The lowest BCUT2D eigenvalue weighted by Gasteiger charge is -2.04. The third kappa shape index (κ3) is 5.52. The summed E-state index contributed by atoms with van der Waals surface area (Å²) in [6.45, 7) is 3.48. The third-order valence-electron chi connectivity index (χ3n) is 0.835. The van der Waals surface area contributed by atoms with Crippen molar-refractivity contribution >= 4 is 45.2 Å². The van der Waals surface area contributed by atoms with Crippen molar-refractivity contribution in [1.29, 1.82) is 0 Å². The van der Waals surface area contributed by atoms with Crippen molar-refractivity contribution in [3.63, 3.8) is 0 Å². The van der Waals surface area contributed by atoms with Crippen LogP contribution in [0.2, 0.25) is 0 Å². The molecule has 0 aromatic carbocycles. The van der Waals surface area contributed by atoms with Crippen LogP contribution < -0.4 is 0 Å². The van der Waals surface area contributed by atoms with Crippen molar-refractivity contribution in [3.05, 3.63) is 5.75 Å². The Morgan fingerprint density at radius 1 is 1.73 bits per heavy atom. The third-order valence-corrected chi connectivity index (χ3v) is 3.17.